The predicted molar refractivity (Wildman–Crippen MR) is 50.0 cm³/mol. The molecule has 1 aliphatic rings. The van der Waals surface area contributed by atoms with E-state index < -0.39 is 5.41 Å². The van der Waals surface area contributed by atoms with Crippen LogP contribution in [0.2, 0.25) is 0 Å². The average Bonchev–Trinajstić information content (AvgIpc) is 2.21. The SMILES string of the molecule is CCC(C)N1C(=O)CC(C)(C)C1=O. The molecule has 1 atom stereocenters. The number of nitrogens with zero attached hydrogens (tertiary/aromatic N) is 1. The molecule has 0 aromatic heterocycles. The molecule has 0 aliphatic carbocycles. The molecule has 74 valence electrons. The maximum Gasteiger partial charge on any atom is 0.235 e. The molecule has 3 heteroatoms. The fourth-order valence-electron chi connectivity index (χ4n) is 1.61. The van der Waals surface area contributed by atoms with Crippen LogP contribution in [0.5, 0.6) is 0 Å². The molecular formula is C10H17NO2. The van der Waals surface area contributed by atoms with Crippen molar-refractivity contribution in [2.75, 3.05) is 0 Å². The number of hydrogen-bond acceptors (Lipinski definition) is 2. The van der Waals surface area contributed by atoms with Crippen LogP contribution in [0.1, 0.15) is 40.5 Å². The number of rotatable bonds is 2. The zero-order chi connectivity index (χ0) is 10.2. The Labute approximate surface area is 79.1 Å². The Bertz CT molecular complexity index is 245. The van der Waals surface area contributed by atoms with E-state index in [1.54, 1.807) is 0 Å². The van der Waals surface area contributed by atoms with Crippen LogP contribution in [0.4, 0.5) is 0 Å². The summed E-state index contributed by atoms with van der Waals surface area (Å²) >= 11 is 0. The summed E-state index contributed by atoms with van der Waals surface area (Å²) < 4.78 is 0. The molecule has 0 bridgehead atoms. The first kappa shape index (κ1) is 10.2. The maximum atomic E-state index is 11.7. The van der Waals surface area contributed by atoms with Gasteiger partial charge in [0.1, 0.15) is 0 Å². The Balaban J connectivity index is 2.89. The van der Waals surface area contributed by atoms with Crippen molar-refractivity contribution in [1.29, 1.82) is 0 Å². The Hall–Kier alpha value is -0.860. The van der Waals surface area contributed by atoms with Crippen molar-refractivity contribution in [3.05, 3.63) is 0 Å². The Morgan fingerprint density at radius 3 is 2.31 bits per heavy atom. The molecule has 1 fully saturated rings. The third kappa shape index (κ3) is 1.60. The molecule has 0 aromatic carbocycles. The second kappa shape index (κ2) is 3.13. The van der Waals surface area contributed by atoms with Gasteiger partial charge in [-0.1, -0.05) is 20.8 Å². The van der Waals surface area contributed by atoms with Crippen molar-refractivity contribution in [3.8, 4) is 0 Å². The third-order valence-corrected chi connectivity index (χ3v) is 2.69. The Kier molecular flexibility index (Phi) is 2.46. The summed E-state index contributed by atoms with van der Waals surface area (Å²) in [5, 5.41) is 0. The van der Waals surface area contributed by atoms with Gasteiger partial charge in [-0.3, -0.25) is 14.5 Å². The van der Waals surface area contributed by atoms with Gasteiger partial charge in [-0.15, -0.1) is 0 Å². The highest BCUT2D eigenvalue weighted by Gasteiger charge is 2.46. The van der Waals surface area contributed by atoms with Gasteiger partial charge in [0.15, 0.2) is 0 Å². The van der Waals surface area contributed by atoms with Crippen LogP contribution in [0, 0.1) is 5.41 Å². The van der Waals surface area contributed by atoms with Gasteiger partial charge in [0.25, 0.3) is 0 Å². The largest absolute Gasteiger partial charge is 0.279 e. The van der Waals surface area contributed by atoms with Crippen molar-refractivity contribution in [1.82, 2.24) is 4.90 Å². The number of imide groups is 1. The van der Waals surface area contributed by atoms with Crippen LogP contribution in [0.25, 0.3) is 0 Å². The smallest absolute Gasteiger partial charge is 0.235 e. The summed E-state index contributed by atoms with van der Waals surface area (Å²) in [4.78, 5) is 24.7. The molecule has 0 saturated carbocycles. The molecule has 3 nitrogen and oxygen atoms in total. The number of likely N-dealkylation sites (tertiary alicyclic amines) is 1. The molecule has 1 saturated heterocycles. The second-order valence-electron chi connectivity index (χ2n) is 4.39. The Morgan fingerprint density at radius 1 is 1.46 bits per heavy atom. The van der Waals surface area contributed by atoms with E-state index in [-0.39, 0.29) is 17.9 Å². The molecule has 1 rings (SSSR count). The van der Waals surface area contributed by atoms with Crippen LogP contribution < -0.4 is 0 Å². The van der Waals surface area contributed by atoms with E-state index in [0.29, 0.717) is 6.42 Å². The number of carbonyl (C=O) groups excluding carboxylic acids is 2. The third-order valence-electron chi connectivity index (χ3n) is 2.69. The van der Waals surface area contributed by atoms with Crippen LogP contribution in [0.3, 0.4) is 0 Å². The zero-order valence-electron chi connectivity index (χ0n) is 8.76. The molecule has 1 unspecified atom stereocenters. The van der Waals surface area contributed by atoms with Gasteiger partial charge in [0.2, 0.25) is 11.8 Å². The van der Waals surface area contributed by atoms with Crippen LogP contribution in [-0.2, 0) is 9.59 Å². The average molecular weight is 183 g/mol. The number of hydrogen-bond donors (Lipinski definition) is 0. The minimum absolute atomic E-state index is 0.0214. The lowest BCUT2D eigenvalue weighted by Gasteiger charge is -2.23. The van der Waals surface area contributed by atoms with Gasteiger partial charge in [0, 0.05) is 12.5 Å². The summed E-state index contributed by atoms with van der Waals surface area (Å²) in [7, 11) is 0. The minimum atomic E-state index is -0.486. The van der Waals surface area contributed by atoms with Gasteiger partial charge in [-0.2, -0.15) is 0 Å². The lowest BCUT2D eigenvalue weighted by Crippen LogP contribution is -2.39. The lowest BCUT2D eigenvalue weighted by molar-refractivity contribution is -0.143. The quantitative estimate of drug-likeness (QED) is 0.609. The van der Waals surface area contributed by atoms with E-state index in [9.17, 15) is 9.59 Å². The molecule has 2 amide bonds. The molecule has 1 aliphatic heterocycles. The maximum absolute atomic E-state index is 11.7. The fourth-order valence-corrected chi connectivity index (χ4v) is 1.61. The normalized spacial score (nSPS) is 23.8. The van der Waals surface area contributed by atoms with E-state index in [2.05, 4.69) is 0 Å². The van der Waals surface area contributed by atoms with Crippen LogP contribution in [-0.4, -0.2) is 22.8 Å². The van der Waals surface area contributed by atoms with E-state index >= 15 is 0 Å². The summed E-state index contributed by atoms with van der Waals surface area (Å²) in [6.07, 6.45) is 1.18. The summed E-state index contributed by atoms with van der Waals surface area (Å²) in [6, 6.07) is 0.0433. The summed E-state index contributed by atoms with van der Waals surface area (Å²) in [6.45, 7) is 7.55. The van der Waals surface area contributed by atoms with E-state index in [1.165, 1.54) is 4.90 Å². The van der Waals surface area contributed by atoms with Gasteiger partial charge in [0.05, 0.1) is 5.41 Å². The van der Waals surface area contributed by atoms with Gasteiger partial charge in [-0.25, -0.2) is 0 Å². The van der Waals surface area contributed by atoms with E-state index in [4.69, 9.17) is 0 Å². The monoisotopic (exact) mass is 183 g/mol. The van der Waals surface area contributed by atoms with Crippen molar-refractivity contribution < 1.29 is 9.59 Å². The molecule has 13 heavy (non-hydrogen) atoms. The van der Waals surface area contributed by atoms with Gasteiger partial charge in [-0.05, 0) is 13.3 Å². The standard InChI is InChI=1S/C10H17NO2/c1-5-7(2)11-8(12)6-10(3,4)9(11)13/h7H,5-6H2,1-4H3. The zero-order valence-corrected chi connectivity index (χ0v) is 8.76. The highest BCUT2D eigenvalue weighted by atomic mass is 16.2. The summed E-state index contributed by atoms with van der Waals surface area (Å²) in [5.74, 6) is -0.0452. The van der Waals surface area contributed by atoms with Gasteiger partial charge >= 0.3 is 0 Å². The summed E-state index contributed by atoms with van der Waals surface area (Å²) in [5.41, 5.74) is -0.486. The highest BCUT2D eigenvalue weighted by molar-refractivity contribution is 6.05. The first-order valence-corrected chi connectivity index (χ1v) is 4.76. The molecule has 0 N–H and O–H groups in total. The van der Waals surface area contributed by atoms with E-state index in [0.717, 1.165) is 6.42 Å². The molecule has 0 aromatic rings. The van der Waals surface area contributed by atoms with Crippen molar-refractivity contribution in [2.24, 2.45) is 5.41 Å². The molecule has 0 spiro atoms. The van der Waals surface area contributed by atoms with E-state index in [1.807, 2.05) is 27.7 Å². The Morgan fingerprint density at radius 2 is 2.00 bits per heavy atom. The topological polar surface area (TPSA) is 37.4 Å². The number of carbonyl (C=O) groups is 2. The van der Waals surface area contributed by atoms with Crippen molar-refractivity contribution >= 4 is 11.8 Å². The highest BCUT2D eigenvalue weighted by Crippen LogP contribution is 2.33. The van der Waals surface area contributed by atoms with Crippen molar-refractivity contribution in [3.63, 3.8) is 0 Å². The predicted octanol–water partition coefficient (Wildman–Crippen LogP) is 1.57. The van der Waals surface area contributed by atoms with Crippen LogP contribution >= 0.6 is 0 Å². The minimum Gasteiger partial charge on any atom is -0.279 e. The lowest BCUT2D eigenvalue weighted by atomic mass is 9.92. The first-order chi connectivity index (χ1) is 5.90. The van der Waals surface area contributed by atoms with Crippen LogP contribution in [0.15, 0.2) is 0 Å². The molecule has 1 heterocycles. The molecular weight excluding hydrogens is 166 g/mol. The van der Waals surface area contributed by atoms with Gasteiger partial charge < -0.3 is 0 Å². The first-order valence-electron chi connectivity index (χ1n) is 4.76. The second-order valence-corrected chi connectivity index (χ2v) is 4.39. The molecule has 0 radical (unpaired) electrons. The number of amides is 2. The fraction of sp³-hybridized carbons (Fsp3) is 0.800. The van der Waals surface area contributed by atoms with Crippen molar-refractivity contribution in [2.45, 2.75) is 46.6 Å².